The van der Waals surface area contributed by atoms with Crippen molar-refractivity contribution in [2.45, 2.75) is 17.9 Å². The molecule has 1 atom stereocenters. The average molecular weight is 401 g/mol. The molecular weight excluding hydrogens is 387 g/mol. The van der Waals surface area contributed by atoms with Crippen molar-refractivity contribution < 1.29 is 27.1 Å². The highest BCUT2D eigenvalue weighted by molar-refractivity contribution is 7.89. The van der Waals surface area contributed by atoms with E-state index in [4.69, 9.17) is 21.5 Å². The first-order valence-corrected chi connectivity index (χ1v) is 9.10. The van der Waals surface area contributed by atoms with Gasteiger partial charge in [0.1, 0.15) is 5.82 Å². The van der Waals surface area contributed by atoms with Crippen LogP contribution in [0.2, 0.25) is 5.02 Å². The second-order valence-electron chi connectivity index (χ2n) is 5.23. The topological polar surface area (TPSA) is 116 Å². The van der Waals surface area contributed by atoms with E-state index in [1.54, 1.807) is 0 Å². The molecule has 0 spiro atoms. The van der Waals surface area contributed by atoms with E-state index in [9.17, 15) is 22.4 Å². The number of hydrogen-bond donors (Lipinski definition) is 2. The largest absolute Gasteiger partial charge is 0.449 e. The van der Waals surface area contributed by atoms with Gasteiger partial charge in [-0.1, -0.05) is 17.7 Å². The minimum Gasteiger partial charge on any atom is -0.449 e. The number of sulfonamides is 1. The first kappa shape index (κ1) is 19.8. The summed E-state index contributed by atoms with van der Waals surface area (Å²) in [5.74, 6) is -2.66. The Balaban J connectivity index is 2.07. The summed E-state index contributed by atoms with van der Waals surface area (Å²) in [4.78, 5) is 23.9. The van der Waals surface area contributed by atoms with Crippen LogP contribution in [0.15, 0.2) is 47.4 Å². The molecule has 26 heavy (non-hydrogen) atoms. The minimum absolute atomic E-state index is 0.111. The van der Waals surface area contributed by atoms with Gasteiger partial charge >= 0.3 is 5.97 Å². The van der Waals surface area contributed by atoms with E-state index in [0.29, 0.717) is 0 Å². The van der Waals surface area contributed by atoms with Crippen molar-refractivity contribution in [3.8, 4) is 0 Å². The zero-order valence-corrected chi connectivity index (χ0v) is 15.0. The molecule has 2 aromatic carbocycles. The second-order valence-corrected chi connectivity index (χ2v) is 7.23. The van der Waals surface area contributed by atoms with E-state index < -0.39 is 33.8 Å². The summed E-state index contributed by atoms with van der Waals surface area (Å²) < 4.78 is 41.2. The van der Waals surface area contributed by atoms with Gasteiger partial charge in [-0.05, 0) is 43.3 Å². The van der Waals surface area contributed by atoms with Crippen molar-refractivity contribution in [2.24, 2.45) is 5.14 Å². The molecule has 0 radical (unpaired) electrons. The SMILES string of the molecule is C[C@H](OC(=O)c1ccc(Cl)cc1F)C(=O)Nc1cccc(S(N)(=O)=O)c1. The van der Waals surface area contributed by atoms with E-state index >= 15 is 0 Å². The van der Waals surface area contributed by atoms with Gasteiger partial charge < -0.3 is 10.1 Å². The molecule has 0 saturated carbocycles. The summed E-state index contributed by atoms with van der Waals surface area (Å²) in [5, 5.41) is 7.51. The first-order chi connectivity index (χ1) is 12.1. The van der Waals surface area contributed by atoms with Crippen LogP contribution in [0.3, 0.4) is 0 Å². The van der Waals surface area contributed by atoms with Crippen LogP contribution in [0.5, 0.6) is 0 Å². The molecule has 0 aromatic heterocycles. The zero-order chi connectivity index (χ0) is 19.5. The van der Waals surface area contributed by atoms with Crippen molar-refractivity contribution in [2.75, 3.05) is 5.32 Å². The van der Waals surface area contributed by atoms with E-state index in [2.05, 4.69) is 5.32 Å². The fraction of sp³-hybridized carbons (Fsp3) is 0.125. The summed E-state index contributed by atoms with van der Waals surface area (Å²) in [5.41, 5.74) is -0.229. The molecule has 0 heterocycles. The number of halogens is 2. The van der Waals surface area contributed by atoms with E-state index in [0.717, 1.165) is 18.2 Å². The van der Waals surface area contributed by atoms with Gasteiger partial charge in [-0.15, -0.1) is 0 Å². The van der Waals surface area contributed by atoms with Gasteiger partial charge in [0.05, 0.1) is 10.5 Å². The lowest BCUT2D eigenvalue weighted by Gasteiger charge is -2.14. The smallest absolute Gasteiger partial charge is 0.341 e. The Kier molecular flexibility index (Phi) is 5.96. The van der Waals surface area contributed by atoms with Crippen molar-refractivity contribution >= 4 is 39.2 Å². The number of hydrogen-bond acceptors (Lipinski definition) is 5. The van der Waals surface area contributed by atoms with Crippen LogP contribution < -0.4 is 10.5 Å². The molecule has 3 N–H and O–H groups in total. The zero-order valence-electron chi connectivity index (χ0n) is 13.4. The van der Waals surface area contributed by atoms with Crippen molar-refractivity contribution in [3.63, 3.8) is 0 Å². The van der Waals surface area contributed by atoms with E-state index in [1.165, 1.54) is 31.2 Å². The molecule has 0 aliphatic heterocycles. The maximum Gasteiger partial charge on any atom is 0.341 e. The standard InChI is InChI=1S/C16H14ClFN2O5S/c1-9(25-16(22)13-6-5-10(17)7-14(13)18)15(21)20-11-3-2-4-12(8-11)26(19,23)24/h2-9H,1H3,(H,20,21)(H2,19,23,24)/t9-/m0/s1. The molecule has 0 aliphatic rings. The normalized spacial score (nSPS) is 12.3. The third kappa shape index (κ3) is 5.01. The Labute approximate surface area is 154 Å². The first-order valence-electron chi connectivity index (χ1n) is 7.17. The third-order valence-electron chi connectivity index (χ3n) is 3.23. The van der Waals surface area contributed by atoms with E-state index in [1.807, 2.05) is 0 Å². The summed E-state index contributed by atoms with van der Waals surface area (Å²) in [7, 11) is -3.93. The number of amides is 1. The Hall–Kier alpha value is -2.49. The van der Waals surface area contributed by atoms with Gasteiger partial charge in [-0.2, -0.15) is 0 Å². The van der Waals surface area contributed by atoms with Crippen LogP contribution in [0.4, 0.5) is 10.1 Å². The highest BCUT2D eigenvalue weighted by Gasteiger charge is 2.21. The third-order valence-corrected chi connectivity index (χ3v) is 4.38. The van der Waals surface area contributed by atoms with Gasteiger partial charge in [0.15, 0.2) is 6.10 Å². The number of anilines is 1. The molecule has 0 saturated heterocycles. The summed E-state index contributed by atoms with van der Waals surface area (Å²) in [6.07, 6.45) is -1.27. The highest BCUT2D eigenvalue weighted by Crippen LogP contribution is 2.17. The van der Waals surface area contributed by atoms with E-state index in [-0.39, 0.29) is 21.2 Å². The van der Waals surface area contributed by atoms with Gasteiger partial charge in [0, 0.05) is 10.7 Å². The lowest BCUT2D eigenvalue weighted by Crippen LogP contribution is -2.30. The number of carbonyl (C=O) groups is 2. The number of carbonyl (C=O) groups excluding carboxylic acids is 2. The number of nitrogens with two attached hydrogens (primary N) is 1. The summed E-state index contributed by atoms with van der Waals surface area (Å²) in [6.45, 7) is 1.28. The molecule has 0 fully saturated rings. The number of rotatable bonds is 5. The fourth-order valence-corrected chi connectivity index (χ4v) is 2.65. The van der Waals surface area contributed by atoms with Crippen LogP contribution in [0.1, 0.15) is 17.3 Å². The van der Waals surface area contributed by atoms with Crippen molar-refractivity contribution in [3.05, 3.63) is 58.9 Å². The molecule has 0 bridgehead atoms. The van der Waals surface area contributed by atoms with Crippen LogP contribution in [0.25, 0.3) is 0 Å². The molecular formula is C16H14ClFN2O5S. The highest BCUT2D eigenvalue weighted by atomic mass is 35.5. The Morgan fingerprint density at radius 1 is 1.23 bits per heavy atom. The molecule has 10 heteroatoms. The molecule has 7 nitrogen and oxygen atoms in total. The maximum atomic E-state index is 13.7. The molecule has 138 valence electrons. The van der Waals surface area contributed by atoms with Crippen LogP contribution in [-0.2, 0) is 19.6 Å². The molecule has 2 rings (SSSR count). The van der Waals surface area contributed by atoms with Crippen molar-refractivity contribution in [1.82, 2.24) is 0 Å². The maximum absolute atomic E-state index is 13.7. The van der Waals surface area contributed by atoms with Gasteiger partial charge in [0.25, 0.3) is 5.91 Å². The predicted molar refractivity (Wildman–Crippen MR) is 92.7 cm³/mol. The lowest BCUT2D eigenvalue weighted by atomic mass is 10.2. The van der Waals surface area contributed by atoms with Gasteiger partial charge in [-0.3, -0.25) is 4.79 Å². The summed E-state index contributed by atoms with van der Waals surface area (Å²) in [6, 6.07) is 8.63. The van der Waals surface area contributed by atoms with Crippen molar-refractivity contribution in [1.29, 1.82) is 0 Å². The van der Waals surface area contributed by atoms with Gasteiger partial charge in [-0.25, -0.2) is 22.7 Å². The van der Waals surface area contributed by atoms with Crippen LogP contribution in [0, 0.1) is 5.82 Å². The number of ether oxygens (including phenoxy) is 1. The molecule has 0 unspecified atom stereocenters. The Bertz CT molecular complexity index is 965. The second kappa shape index (κ2) is 7.81. The van der Waals surface area contributed by atoms with Crippen LogP contribution >= 0.6 is 11.6 Å². The number of benzene rings is 2. The fourth-order valence-electron chi connectivity index (χ4n) is 1.93. The molecule has 1 amide bonds. The number of nitrogens with one attached hydrogen (secondary N) is 1. The number of primary sulfonamides is 1. The van der Waals surface area contributed by atoms with Gasteiger partial charge in [0.2, 0.25) is 10.0 Å². The predicted octanol–water partition coefficient (Wildman–Crippen LogP) is 2.31. The van der Waals surface area contributed by atoms with Crippen LogP contribution in [-0.4, -0.2) is 26.4 Å². The molecule has 0 aliphatic carbocycles. The quantitative estimate of drug-likeness (QED) is 0.747. The molecule has 2 aromatic rings. The Morgan fingerprint density at radius 2 is 1.92 bits per heavy atom. The minimum atomic E-state index is -3.93. The lowest BCUT2D eigenvalue weighted by molar-refractivity contribution is -0.123. The monoisotopic (exact) mass is 400 g/mol. The average Bonchev–Trinajstić information content (AvgIpc) is 2.54. The Morgan fingerprint density at radius 3 is 2.54 bits per heavy atom. The summed E-state index contributed by atoms with van der Waals surface area (Å²) >= 11 is 5.60. The number of esters is 1.